The van der Waals surface area contributed by atoms with Gasteiger partial charge >= 0.3 is 0 Å². The number of anilines is 1. The largest absolute Gasteiger partial charge is 0.349 e. The van der Waals surface area contributed by atoms with E-state index in [1.807, 2.05) is 26.0 Å². The van der Waals surface area contributed by atoms with Crippen molar-refractivity contribution in [3.63, 3.8) is 0 Å². The molecule has 1 heterocycles. The standard InChI is InChI=1S/C21H23N3O2/c1-5-9-24-14(2)10-18(15(24)3)11-19(13-22)21(26)23-20-8-6-7-17(12-20)16(4)25/h6-8,10-12H,5,9H2,1-4H3,(H,23,26). The van der Waals surface area contributed by atoms with Gasteiger partial charge in [0.25, 0.3) is 5.91 Å². The van der Waals surface area contributed by atoms with E-state index in [-0.39, 0.29) is 11.4 Å². The highest BCUT2D eigenvalue weighted by Gasteiger charge is 2.13. The van der Waals surface area contributed by atoms with Gasteiger partial charge in [-0.1, -0.05) is 19.1 Å². The number of aryl methyl sites for hydroxylation is 1. The summed E-state index contributed by atoms with van der Waals surface area (Å²) in [6.45, 7) is 8.47. The summed E-state index contributed by atoms with van der Waals surface area (Å²) in [7, 11) is 0. The zero-order valence-electron chi connectivity index (χ0n) is 15.6. The molecule has 26 heavy (non-hydrogen) atoms. The van der Waals surface area contributed by atoms with Crippen LogP contribution in [-0.2, 0) is 11.3 Å². The Labute approximate surface area is 153 Å². The van der Waals surface area contributed by atoms with Crippen LogP contribution in [0.4, 0.5) is 5.69 Å². The summed E-state index contributed by atoms with van der Waals surface area (Å²) in [6, 6.07) is 10.6. The summed E-state index contributed by atoms with van der Waals surface area (Å²) >= 11 is 0. The van der Waals surface area contributed by atoms with Gasteiger partial charge in [-0.05, 0) is 57.0 Å². The number of ketones is 1. The number of amides is 1. The number of nitrogens with zero attached hydrogens (tertiary/aromatic N) is 2. The first-order chi connectivity index (χ1) is 12.4. The summed E-state index contributed by atoms with van der Waals surface area (Å²) in [5.41, 5.74) is 4.01. The van der Waals surface area contributed by atoms with Crippen molar-refractivity contribution in [1.29, 1.82) is 5.26 Å². The van der Waals surface area contributed by atoms with Crippen LogP contribution in [0.25, 0.3) is 6.08 Å². The molecule has 0 aliphatic rings. The van der Waals surface area contributed by atoms with Crippen molar-refractivity contribution in [2.75, 3.05) is 5.32 Å². The van der Waals surface area contributed by atoms with Crippen molar-refractivity contribution >= 4 is 23.5 Å². The smallest absolute Gasteiger partial charge is 0.266 e. The third-order valence-corrected chi connectivity index (χ3v) is 4.25. The second-order valence-electron chi connectivity index (χ2n) is 6.24. The first kappa shape index (κ1) is 19.2. The van der Waals surface area contributed by atoms with Crippen molar-refractivity contribution in [3.05, 3.63) is 58.4 Å². The Bertz CT molecular complexity index is 914. The second-order valence-corrected chi connectivity index (χ2v) is 6.24. The Morgan fingerprint density at radius 3 is 2.62 bits per heavy atom. The van der Waals surface area contributed by atoms with E-state index in [0.717, 1.165) is 29.9 Å². The molecule has 1 aromatic heterocycles. The van der Waals surface area contributed by atoms with Gasteiger partial charge < -0.3 is 9.88 Å². The molecular formula is C21H23N3O2. The first-order valence-electron chi connectivity index (χ1n) is 8.58. The molecule has 0 fully saturated rings. The number of rotatable bonds is 6. The number of nitriles is 1. The van der Waals surface area contributed by atoms with E-state index >= 15 is 0 Å². The first-order valence-corrected chi connectivity index (χ1v) is 8.58. The number of nitrogens with one attached hydrogen (secondary N) is 1. The highest BCUT2D eigenvalue weighted by atomic mass is 16.1. The van der Waals surface area contributed by atoms with E-state index in [4.69, 9.17) is 0 Å². The number of Topliss-reactive ketones (excluding diaryl/α,β-unsaturated/α-hetero) is 1. The van der Waals surface area contributed by atoms with E-state index in [1.165, 1.54) is 6.92 Å². The molecule has 0 unspecified atom stereocenters. The van der Waals surface area contributed by atoms with Crippen LogP contribution in [0.1, 0.15) is 47.6 Å². The van der Waals surface area contributed by atoms with Crippen LogP contribution in [-0.4, -0.2) is 16.3 Å². The second kappa shape index (κ2) is 8.30. The molecule has 5 heteroatoms. The molecule has 1 aromatic carbocycles. The summed E-state index contributed by atoms with van der Waals surface area (Å²) < 4.78 is 2.18. The maximum absolute atomic E-state index is 12.5. The van der Waals surface area contributed by atoms with Crippen LogP contribution in [0.3, 0.4) is 0 Å². The zero-order chi connectivity index (χ0) is 19.3. The molecule has 134 valence electrons. The van der Waals surface area contributed by atoms with Gasteiger partial charge in [0, 0.05) is 29.2 Å². The van der Waals surface area contributed by atoms with Gasteiger partial charge in [0.2, 0.25) is 0 Å². The van der Waals surface area contributed by atoms with E-state index in [1.54, 1.807) is 30.3 Å². The van der Waals surface area contributed by atoms with E-state index < -0.39 is 5.91 Å². The lowest BCUT2D eigenvalue weighted by Gasteiger charge is -2.07. The van der Waals surface area contributed by atoms with Crippen LogP contribution in [0.5, 0.6) is 0 Å². The zero-order valence-corrected chi connectivity index (χ0v) is 15.6. The van der Waals surface area contributed by atoms with Gasteiger partial charge in [0.15, 0.2) is 5.78 Å². The quantitative estimate of drug-likeness (QED) is 0.481. The molecule has 2 aromatic rings. The molecule has 0 aliphatic heterocycles. The minimum absolute atomic E-state index is 0.0231. The molecule has 0 aliphatic carbocycles. The van der Waals surface area contributed by atoms with Gasteiger partial charge in [-0.3, -0.25) is 9.59 Å². The fourth-order valence-corrected chi connectivity index (χ4v) is 2.86. The topological polar surface area (TPSA) is 74.9 Å². The summed E-state index contributed by atoms with van der Waals surface area (Å²) in [6.07, 6.45) is 2.62. The average molecular weight is 349 g/mol. The Hall–Kier alpha value is -3.13. The van der Waals surface area contributed by atoms with Crippen molar-refractivity contribution in [2.45, 2.75) is 40.7 Å². The molecule has 0 bridgehead atoms. The number of carbonyl (C=O) groups excluding carboxylic acids is 2. The van der Waals surface area contributed by atoms with Crippen molar-refractivity contribution in [2.24, 2.45) is 0 Å². The van der Waals surface area contributed by atoms with Crippen molar-refractivity contribution in [3.8, 4) is 6.07 Å². The van der Waals surface area contributed by atoms with Crippen LogP contribution in [0.2, 0.25) is 0 Å². The molecule has 1 N–H and O–H groups in total. The third kappa shape index (κ3) is 4.28. The predicted molar refractivity (Wildman–Crippen MR) is 103 cm³/mol. The van der Waals surface area contributed by atoms with Crippen LogP contribution in [0.15, 0.2) is 35.9 Å². The van der Waals surface area contributed by atoms with Gasteiger partial charge in [-0.25, -0.2) is 0 Å². The van der Waals surface area contributed by atoms with Crippen LogP contribution < -0.4 is 5.32 Å². The average Bonchev–Trinajstić information content (AvgIpc) is 2.87. The molecule has 0 saturated heterocycles. The lowest BCUT2D eigenvalue weighted by molar-refractivity contribution is -0.112. The summed E-state index contributed by atoms with van der Waals surface area (Å²) in [5.74, 6) is -0.575. The van der Waals surface area contributed by atoms with E-state index in [0.29, 0.717) is 11.3 Å². The van der Waals surface area contributed by atoms with Gasteiger partial charge in [0.05, 0.1) is 0 Å². The van der Waals surface area contributed by atoms with E-state index in [9.17, 15) is 14.9 Å². The molecule has 0 spiro atoms. The number of carbonyl (C=O) groups is 2. The molecule has 1 amide bonds. The summed E-state index contributed by atoms with van der Waals surface area (Å²) in [5, 5.41) is 12.1. The Morgan fingerprint density at radius 1 is 1.27 bits per heavy atom. The maximum atomic E-state index is 12.5. The van der Waals surface area contributed by atoms with E-state index in [2.05, 4.69) is 16.8 Å². The fraction of sp³-hybridized carbons (Fsp3) is 0.286. The fourth-order valence-electron chi connectivity index (χ4n) is 2.86. The normalized spacial score (nSPS) is 11.1. The lowest BCUT2D eigenvalue weighted by atomic mass is 10.1. The highest BCUT2D eigenvalue weighted by Crippen LogP contribution is 2.19. The molecule has 2 rings (SSSR count). The van der Waals surface area contributed by atoms with Crippen molar-refractivity contribution < 1.29 is 9.59 Å². The number of benzene rings is 1. The maximum Gasteiger partial charge on any atom is 0.266 e. The minimum atomic E-state index is -0.492. The number of aromatic nitrogens is 1. The molecule has 0 atom stereocenters. The van der Waals surface area contributed by atoms with Crippen molar-refractivity contribution in [1.82, 2.24) is 4.57 Å². The molecule has 5 nitrogen and oxygen atoms in total. The van der Waals surface area contributed by atoms with Gasteiger partial charge in [-0.2, -0.15) is 5.26 Å². The molecular weight excluding hydrogens is 326 g/mol. The monoisotopic (exact) mass is 349 g/mol. The highest BCUT2D eigenvalue weighted by molar-refractivity contribution is 6.10. The van der Waals surface area contributed by atoms with Gasteiger partial charge in [-0.15, -0.1) is 0 Å². The number of hydrogen-bond acceptors (Lipinski definition) is 3. The Kier molecular flexibility index (Phi) is 6.13. The molecule has 0 saturated carbocycles. The lowest BCUT2D eigenvalue weighted by Crippen LogP contribution is -2.13. The molecule has 0 radical (unpaired) electrons. The van der Waals surface area contributed by atoms with Gasteiger partial charge in [0.1, 0.15) is 11.6 Å². The van der Waals surface area contributed by atoms with Crippen LogP contribution in [0, 0.1) is 25.2 Å². The SMILES string of the molecule is CCCn1c(C)cc(C=C(C#N)C(=O)Nc2cccc(C(C)=O)c2)c1C. The summed E-state index contributed by atoms with van der Waals surface area (Å²) in [4.78, 5) is 23.9. The third-order valence-electron chi connectivity index (χ3n) is 4.25. The minimum Gasteiger partial charge on any atom is -0.349 e. The Balaban J connectivity index is 2.28. The predicted octanol–water partition coefficient (Wildman–Crippen LogP) is 4.26. The Morgan fingerprint density at radius 2 is 2.00 bits per heavy atom. The number of hydrogen-bond donors (Lipinski definition) is 1. The van der Waals surface area contributed by atoms with Crippen LogP contribution >= 0.6 is 0 Å².